The molecule has 0 heterocycles. The zero-order valence-electron chi connectivity index (χ0n) is 7.83. The van der Waals surface area contributed by atoms with Gasteiger partial charge < -0.3 is 5.11 Å². The fraction of sp³-hybridized carbons (Fsp3) is 0. The van der Waals surface area contributed by atoms with Crippen molar-refractivity contribution >= 4 is 75.4 Å². The third-order valence-corrected chi connectivity index (χ3v) is 0.756. The van der Waals surface area contributed by atoms with Gasteiger partial charge >= 0.3 is 0 Å². The van der Waals surface area contributed by atoms with Gasteiger partial charge in [0.2, 0.25) is 0 Å². The summed E-state index contributed by atoms with van der Waals surface area (Å²) in [5.74, 6) is 0.322. The maximum Gasteiger partial charge on any atom is 0.115 e. The predicted octanol–water partition coefficient (Wildman–Crippen LogP) is -0.131. The van der Waals surface area contributed by atoms with Crippen LogP contribution in [0.25, 0.3) is 0 Å². The molecule has 0 aromatic heterocycles. The Morgan fingerprint density at radius 1 is 0.727 bits per heavy atom. The van der Waals surface area contributed by atoms with Crippen LogP contribution in [0.2, 0.25) is 0 Å². The summed E-state index contributed by atoms with van der Waals surface area (Å²) in [4.78, 5) is 0. The summed E-state index contributed by atoms with van der Waals surface area (Å²) in [6.07, 6.45) is 0. The normalized spacial score (nSPS) is 5.45. The summed E-state index contributed by atoms with van der Waals surface area (Å²) in [5.41, 5.74) is 0. The van der Waals surface area contributed by atoms with Crippen molar-refractivity contribution in [3.8, 4) is 5.75 Å². The largest absolute Gasteiger partial charge is 0.508 e. The van der Waals surface area contributed by atoms with Crippen molar-refractivity contribution in [1.29, 1.82) is 0 Å². The van der Waals surface area contributed by atoms with E-state index in [4.69, 9.17) is 5.11 Å². The summed E-state index contributed by atoms with van der Waals surface area (Å²) in [7, 11) is 0. The third kappa shape index (κ3) is 11.4. The van der Waals surface area contributed by atoms with E-state index in [9.17, 15) is 0 Å². The molecule has 0 spiro atoms. The number of phenols is 1. The quantitative estimate of drug-likeness (QED) is 0.475. The number of para-hydroxylation sites is 1. The van der Waals surface area contributed by atoms with Crippen molar-refractivity contribution in [3.05, 3.63) is 30.3 Å². The van der Waals surface area contributed by atoms with Gasteiger partial charge in [-0.15, -0.1) is 0 Å². The van der Waals surface area contributed by atoms with Crippen LogP contribution in [-0.2, 0) is 0 Å². The zero-order chi connectivity index (χ0) is 5.11. The van der Waals surface area contributed by atoms with Crippen LogP contribution in [-0.4, -0.2) is 80.5 Å². The molecule has 0 unspecified atom stereocenters. The van der Waals surface area contributed by atoms with Crippen LogP contribution >= 0.6 is 0 Å². The van der Waals surface area contributed by atoms with Crippen molar-refractivity contribution in [1.82, 2.24) is 0 Å². The first-order valence-electron chi connectivity index (χ1n) is 2.13. The van der Waals surface area contributed by atoms with Crippen molar-refractivity contribution in [2.24, 2.45) is 0 Å². The van der Waals surface area contributed by atoms with Crippen LogP contribution in [0.4, 0.5) is 0 Å². The van der Waals surface area contributed by atoms with Crippen LogP contribution < -0.4 is 0 Å². The Kier molecular flexibility index (Phi) is 29.0. The smallest absolute Gasteiger partial charge is 0.115 e. The molecule has 5 heteroatoms. The monoisotopic (exact) mass is 122 g/mol. The summed E-state index contributed by atoms with van der Waals surface area (Å²) in [6, 6.07) is 8.71. The Labute approximate surface area is 115 Å². The van der Waals surface area contributed by atoms with Gasteiger partial charge in [0.05, 0.1) is 0 Å². The van der Waals surface area contributed by atoms with Gasteiger partial charge in [0.15, 0.2) is 0 Å². The fourth-order valence-corrected chi connectivity index (χ4v) is 0.428. The molecule has 1 N–H and O–H groups in total. The average Bonchev–Trinajstić information content (AvgIpc) is 1.69. The molecule has 4 radical (unpaired) electrons. The van der Waals surface area contributed by atoms with Crippen LogP contribution in [0.3, 0.4) is 0 Å². The average molecular weight is 122 g/mol. The molecule has 1 rings (SSSR count). The Bertz CT molecular complexity index is 145. The van der Waals surface area contributed by atoms with Crippen molar-refractivity contribution < 1.29 is 5.11 Å². The summed E-state index contributed by atoms with van der Waals surface area (Å²) in [5, 5.41) is 8.63. The third-order valence-electron chi connectivity index (χ3n) is 0.756. The van der Waals surface area contributed by atoms with E-state index in [1.165, 1.54) is 0 Å². The minimum Gasteiger partial charge on any atom is -0.508 e. The van der Waals surface area contributed by atoms with E-state index >= 15 is 0 Å². The second kappa shape index (κ2) is 14.0. The van der Waals surface area contributed by atoms with Gasteiger partial charge in [-0.1, -0.05) is 18.2 Å². The van der Waals surface area contributed by atoms with E-state index in [2.05, 4.69) is 0 Å². The van der Waals surface area contributed by atoms with Gasteiger partial charge in [0.1, 0.15) is 5.75 Å². The predicted molar refractivity (Wildman–Crippen MR) is 51.1 cm³/mol. The first-order chi connectivity index (χ1) is 3.39. The SMILES string of the molecule is Oc1ccccc1.[Li].[Li].[Li].[Li]. The van der Waals surface area contributed by atoms with Gasteiger partial charge in [-0.2, -0.15) is 0 Å². The van der Waals surface area contributed by atoms with Gasteiger partial charge in [0.25, 0.3) is 0 Å². The van der Waals surface area contributed by atoms with Crippen molar-refractivity contribution in [3.63, 3.8) is 0 Å². The minimum absolute atomic E-state index is 0. The molecule has 0 fully saturated rings. The van der Waals surface area contributed by atoms with Gasteiger partial charge in [-0.25, -0.2) is 0 Å². The first-order valence-corrected chi connectivity index (χ1v) is 2.13. The van der Waals surface area contributed by atoms with Gasteiger partial charge in [-0.3, -0.25) is 0 Å². The van der Waals surface area contributed by atoms with Crippen molar-refractivity contribution in [2.75, 3.05) is 0 Å². The molecule has 1 nitrogen and oxygen atoms in total. The van der Waals surface area contributed by atoms with Crippen LogP contribution in [0, 0.1) is 0 Å². The number of hydrogen-bond donors (Lipinski definition) is 1. The van der Waals surface area contributed by atoms with E-state index in [1.807, 2.05) is 6.07 Å². The molecule has 1 aromatic carbocycles. The maximum atomic E-state index is 8.63. The molecule has 0 aliphatic rings. The molecule has 1 aromatic rings. The molecule has 0 bridgehead atoms. The fourth-order valence-electron chi connectivity index (χ4n) is 0.428. The van der Waals surface area contributed by atoms with E-state index < -0.39 is 0 Å². The number of aromatic hydroxyl groups is 1. The number of rotatable bonds is 0. The Balaban J connectivity index is -0.0000000612. The van der Waals surface area contributed by atoms with Crippen LogP contribution in [0.15, 0.2) is 30.3 Å². The Morgan fingerprint density at radius 2 is 1.09 bits per heavy atom. The Morgan fingerprint density at radius 3 is 1.27 bits per heavy atom. The molecule has 0 saturated carbocycles. The molecule has 0 aliphatic carbocycles. The van der Waals surface area contributed by atoms with E-state index in [-0.39, 0.29) is 75.4 Å². The second-order valence-electron chi connectivity index (χ2n) is 1.34. The van der Waals surface area contributed by atoms with E-state index in [0.717, 1.165) is 0 Å². The molecule has 0 atom stereocenters. The maximum absolute atomic E-state index is 8.63. The number of hydrogen-bond acceptors (Lipinski definition) is 1. The summed E-state index contributed by atoms with van der Waals surface area (Å²) >= 11 is 0. The summed E-state index contributed by atoms with van der Waals surface area (Å²) < 4.78 is 0. The molecule has 0 aliphatic heterocycles. The second-order valence-corrected chi connectivity index (χ2v) is 1.34. The Hall–Kier alpha value is 1.41. The topological polar surface area (TPSA) is 20.2 Å². The van der Waals surface area contributed by atoms with Crippen molar-refractivity contribution in [2.45, 2.75) is 0 Å². The standard InChI is InChI=1S/C6H6O.4Li/c7-6-4-2-1-3-5-6;;;;/h1-5,7H;;;;. The van der Waals surface area contributed by atoms with E-state index in [1.54, 1.807) is 24.3 Å². The van der Waals surface area contributed by atoms with Crippen LogP contribution in [0.5, 0.6) is 5.75 Å². The van der Waals surface area contributed by atoms with E-state index in [0.29, 0.717) is 5.75 Å². The number of benzene rings is 1. The molecule has 40 valence electrons. The molecular formula is C6H6Li4O. The van der Waals surface area contributed by atoms with Crippen LogP contribution in [0.1, 0.15) is 0 Å². The zero-order valence-corrected chi connectivity index (χ0v) is 7.83. The summed E-state index contributed by atoms with van der Waals surface area (Å²) in [6.45, 7) is 0. The number of phenolic OH excluding ortho intramolecular Hbond substituents is 1. The molecule has 0 amide bonds. The first kappa shape index (κ1) is 22.8. The van der Waals surface area contributed by atoms with Gasteiger partial charge in [0, 0.05) is 75.4 Å². The molecular weight excluding hydrogens is 116 g/mol. The minimum atomic E-state index is 0. The molecule has 0 saturated heterocycles. The van der Waals surface area contributed by atoms with Gasteiger partial charge in [-0.05, 0) is 12.1 Å². The molecule has 11 heavy (non-hydrogen) atoms.